The topological polar surface area (TPSA) is 75.6 Å². The van der Waals surface area contributed by atoms with E-state index in [9.17, 15) is 4.79 Å². The molecule has 7 heteroatoms. The van der Waals surface area contributed by atoms with Gasteiger partial charge in [0.25, 0.3) is 0 Å². The van der Waals surface area contributed by atoms with Gasteiger partial charge in [-0.05, 0) is 45.1 Å². The van der Waals surface area contributed by atoms with Gasteiger partial charge in [0, 0.05) is 24.0 Å². The molecule has 0 aliphatic carbocycles. The summed E-state index contributed by atoms with van der Waals surface area (Å²) in [6, 6.07) is 3.32. The Morgan fingerprint density at radius 3 is 2.80 bits per heavy atom. The number of H-pyrrole nitrogens is 1. The van der Waals surface area contributed by atoms with Crippen LogP contribution in [-0.4, -0.2) is 31.7 Å². The molecule has 1 unspecified atom stereocenters. The minimum atomic E-state index is -0.446. The molecule has 0 bridgehead atoms. The van der Waals surface area contributed by atoms with Crippen LogP contribution in [0.4, 0.5) is 0 Å². The minimum absolute atomic E-state index is 0.0767. The van der Waals surface area contributed by atoms with Crippen LogP contribution in [0, 0.1) is 4.77 Å². The fourth-order valence-corrected chi connectivity index (χ4v) is 2.18. The van der Waals surface area contributed by atoms with Crippen molar-refractivity contribution in [1.29, 1.82) is 0 Å². The molecular formula is C13H17N5OS. The first-order chi connectivity index (χ1) is 9.50. The molecule has 1 atom stereocenters. The van der Waals surface area contributed by atoms with Crippen molar-refractivity contribution in [1.82, 2.24) is 25.1 Å². The zero-order chi connectivity index (χ0) is 14.7. The molecule has 0 aliphatic rings. The number of aromatic amines is 1. The number of nitrogens with one attached hydrogen (secondary N) is 2. The Hall–Kier alpha value is -2.02. The highest BCUT2D eigenvalue weighted by Crippen LogP contribution is 2.20. The van der Waals surface area contributed by atoms with Crippen LogP contribution in [0.25, 0.3) is 11.4 Å². The van der Waals surface area contributed by atoms with Crippen LogP contribution in [0.3, 0.4) is 0 Å². The van der Waals surface area contributed by atoms with E-state index in [2.05, 4.69) is 20.5 Å². The predicted molar refractivity (Wildman–Crippen MR) is 78.6 cm³/mol. The molecule has 0 saturated carbocycles. The maximum Gasteiger partial charge on any atom is 0.243 e. The third kappa shape index (κ3) is 2.93. The monoisotopic (exact) mass is 291 g/mol. The van der Waals surface area contributed by atoms with E-state index >= 15 is 0 Å². The molecule has 2 N–H and O–H groups in total. The van der Waals surface area contributed by atoms with Crippen molar-refractivity contribution in [3.05, 3.63) is 29.3 Å². The quantitative estimate of drug-likeness (QED) is 0.846. The highest BCUT2D eigenvalue weighted by Gasteiger charge is 2.21. The Balaban J connectivity index is 2.40. The summed E-state index contributed by atoms with van der Waals surface area (Å²) in [5.41, 5.74) is 0.809. The average Bonchev–Trinajstić information content (AvgIpc) is 2.80. The van der Waals surface area contributed by atoms with Crippen molar-refractivity contribution >= 4 is 18.1 Å². The van der Waals surface area contributed by atoms with E-state index in [0.717, 1.165) is 5.56 Å². The lowest BCUT2D eigenvalue weighted by atomic mass is 10.2. The molecule has 6 nitrogen and oxygen atoms in total. The summed E-state index contributed by atoms with van der Waals surface area (Å²) in [5.74, 6) is 0.511. The number of carbonyl (C=O) groups is 1. The normalized spacial score (nSPS) is 12.4. The molecular weight excluding hydrogens is 274 g/mol. The van der Waals surface area contributed by atoms with E-state index in [4.69, 9.17) is 12.2 Å². The second-order valence-electron chi connectivity index (χ2n) is 4.80. The molecule has 2 aromatic rings. The third-order valence-corrected chi connectivity index (χ3v) is 3.11. The van der Waals surface area contributed by atoms with Crippen LogP contribution in [0.1, 0.15) is 26.8 Å². The lowest BCUT2D eigenvalue weighted by Crippen LogP contribution is -2.36. The molecule has 0 fully saturated rings. The van der Waals surface area contributed by atoms with E-state index in [1.807, 2.05) is 26.0 Å². The number of amides is 1. The second-order valence-corrected chi connectivity index (χ2v) is 5.19. The van der Waals surface area contributed by atoms with Crippen molar-refractivity contribution in [3.63, 3.8) is 0 Å². The SMILES string of the molecule is CC(C)NC(=O)C(C)n1c(-c2cccnc2)n[nH]c1=S. The maximum atomic E-state index is 12.2. The van der Waals surface area contributed by atoms with Crippen LogP contribution in [0.5, 0.6) is 0 Å². The van der Waals surface area contributed by atoms with Gasteiger partial charge in [0.2, 0.25) is 5.91 Å². The smallest absolute Gasteiger partial charge is 0.243 e. The molecule has 2 aromatic heterocycles. The highest BCUT2D eigenvalue weighted by molar-refractivity contribution is 7.71. The standard InChI is InChI=1S/C13H17N5OS/c1-8(2)15-12(19)9(3)18-11(16-17-13(18)20)10-5-4-6-14-7-10/h4-9H,1-3H3,(H,15,19)(H,17,20). The summed E-state index contributed by atoms with van der Waals surface area (Å²) in [6.07, 6.45) is 3.37. The fraction of sp³-hybridized carbons (Fsp3) is 0.385. The van der Waals surface area contributed by atoms with Crippen molar-refractivity contribution in [2.24, 2.45) is 0 Å². The van der Waals surface area contributed by atoms with Crippen molar-refractivity contribution in [3.8, 4) is 11.4 Å². The van der Waals surface area contributed by atoms with Gasteiger partial charge in [-0.1, -0.05) is 0 Å². The van der Waals surface area contributed by atoms with Gasteiger partial charge in [0.05, 0.1) is 0 Å². The van der Waals surface area contributed by atoms with Gasteiger partial charge in [-0.3, -0.25) is 19.4 Å². The molecule has 0 saturated heterocycles. The first-order valence-corrected chi connectivity index (χ1v) is 6.79. The van der Waals surface area contributed by atoms with Gasteiger partial charge in [0.15, 0.2) is 10.6 Å². The van der Waals surface area contributed by atoms with E-state index in [1.165, 1.54) is 0 Å². The Labute approximate surface area is 122 Å². The molecule has 0 radical (unpaired) electrons. The second kappa shape index (κ2) is 5.96. The van der Waals surface area contributed by atoms with Gasteiger partial charge in [-0.15, -0.1) is 0 Å². The van der Waals surface area contributed by atoms with Gasteiger partial charge in [-0.2, -0.15) is 5.10 Å². The van der Waals surface area contributed by atoms with Crippen LogP contribution >= 0.6 is 12.2 Å². The minimum Gasteiger partial charge on any atom is -0.352 e. The first kappa shape index (κ1) is 14.4. The summed E-state index contributed by atoms with van der Waals surface area (Å²) in [6.45, 7) is 5.63. The zero-order valence-corrected chi connectivity index (χ0v) is 12.4. The van der Waals surface area contributed by atoms with Crippen molar-refractivity contribution in [2.75, 3.05) is 0 Å². The zero-order valence-electron chi connectivity index (χ0n) is 11.6. The largest absolute Gasteiger partial charge is 0.352 e. The van der Waals surface area contributed by atoms with E-state index < -0.39 is 6.04 Å². The fourth-order valence-electron chi connectivity index (χ4n) is 1.89. The first-order valence-electron chi connectivity index (χ1n) is 6.38. The Morgan fingerprint density at radius 2 is 2.20 bits per heavy atom. The van der Waals surface area contributed by atoms with Crippen LogP contribution in [-0.2, 0) is 4.79 Å². The van der Waals surface area contributed by atoms with Gasteiger partial charge in [0.1, 0.15) is 6.04 Å². The third-order valence-electron chi connectivity index (χ3n) is 2.82. The molecule has 20 heavy (non-hydrogen) atoms. The molecule has 0 aliphatic heterocycles. The molecule has 2 rings (SSSR count). The number of carbonyl (C=O) groups excluding carboxylic acids is 1. The molecule has 0 spiro atoms. The summed E-state index contributed by atoms with van der Waals surface area (Å²) >= 11 is 5.23. The lowest BCUT2D eigenvalue weighted by molar-refractivity contribution is -0.124. The summed E-state index contributed by atoms with van der Waals surface area (Å²) < 4.78 is 2.11. The van der Waals surface area contributed by atoms with Crippen LogP contribution in [0.2, 0.25) is 0 Å². The highest BCUT2D eigenvalue weighted by atomic mass is 32.1. The number of nitrogens with zero attached hydrogens (tertiary/aromatic N) is 3. The molecule has 2 heterocycles. The molecule has 0 aromatic carbocycles. The summed E-state index contributed by atoms with van der Waals surface area (Å²) in [4.78, 5) is 16.2. The number of hydrogen-bond donors (Lipinski definition) is 2. The number of rotatable bonds is 4. The Bertz CT molecular complexity index is 646. The molecule has 106 valence electrons. The maximum absolute atomic E-state index is 12.2. The Kier molecular flexibility index (Phi) is 4.29. The Morgan fingerprint density at radius 1 is 1.45 bits per heavy atom. The van der Waals surface area contributed by atoms with Crippen LogP contribution in [0.15, 0.2) is 24.5 Å². The lowest BCUT2D eigenvalue weighted by Gasteiger charge is -2.17. The van der Waals surface area contributed by atoms with Gasteiger partial charge < -0.3 is 5.32 Å². The van der Waals surface area contributed by atoms with Gasteiger partial charge in [-0.25, -0.2) is 0 Å². The number of pyridine rings is 1. The van der Waals surface area contributed by atoms with E-state index in [0.29, 0.717) is 10.6 Å². The van der Waals surface area contributed by atoms with Crippen molar-refractivity contribution in [2.45, 2.75) is 32.9 Å². The molecule has 1 amide bonds. The van der Waals surface area contributed by atoms with E-state index in [1.54, 1.807) is 23.9 Å². The number of aromatic nitrogens is 4. The van der Waals surface area contributed by atoms with E-state index in [-0.39, 0.29) is 11.9 Å². The van der Waals surface area contributed by atoms with Crippen LogP contribution < -0.4 is 5.32 Å². The number of hydrogen-bond acceptors (Lipinski definition) is 4. The van der Waals surface area contributed by atoms with Gasteiger partial charge >= 0.3 is 0 Å². The average molecular weight is 291 g/mol. The summed E-state index contributed by atoms with van der Waals surface area (Å²) in [7, 11) is 0. The predicted octanol–water partition coefficient (Wildman–Crippen LogP) is 2.09. The summed E-state index contributed by atoms with van der Waals surface area (Å²) in [5, 5.41) is 9.80. The van der Waals surface area contributed by atoms with Crippen molar-refractivity contribution < 1.29 is 4.79 Å².